The van der Waals surface area contributed by atoms with E-state index in [-0.39, 0.29) is 17.9 Å². The van der Waals surface area contributed by atoms with Gasteiger partial charge in [0.15, 0.2) is 0 Å². The van der Waals surface area contributed by atoms with Gasteiger partial charge in [-0.1, -0.05) is 25.3 Å². The summed E-state index contributed by atoms with van der Waals surface area (Å²) in [5.74, 6) is 0.427. The highest BCUT2D eigenvalue weighted by molar-refractivity contribution is 5.93. The van der Waals surface area contributed by atoms with Crippen molar-refractivity contribution in [3.05, 3.63) is 35.8 Å². The summed E-state index contributed by atoms with van der Waals surface area (Å²) in [5, 5.41) is 3.10. The van der Waals surface area contributed by atoms with Gasteiger partial charge in [0.1, 0.15) is 11.3 Å². The van der Waals surface area contributed by atoms with Crippen molar-refractivity contribution in [2.45, 2.75) is 57.9 Å². The number of aryl methyl sites for hydroxylation is 1. The topological polar surface area (TPSA) is 66.7 Å². The number of hydrogen-bond acceptors (Lipinski definition) is 3. The van der Waals surface area contributed by atoms with Crippen molar-refractivity contribution in [3.8, 4) is 0 Å². The SMILES string of the molecule is Cc1cccc2nc(C(=O)NC3CCN(C(=O)C4CCCCC4)CC3)cn12. The van der Waals surface area contributed by atoms with Gasteiger partial charge in [0.25, 0.3) is 5.91 Å². The summed E-state index contributed by atoms with van der Waals surface area (Å²) in [4.78, 5) is 31.7. The third kappa shape index (κ3) is 3.84. The number of piperidine rings is 1. The van der Waals surface area contributed by atoms with E-state index in [0.717, 1.165) is 50.1 Å². The molecule has 2 amide bonds. The minimum absolute atomic E-state index is 0.110. The number of nitrogens with one attached hydrogen (secondary N) is 1. The lowest BCUT2D eigenvalue weighted by molar-refractivity contribution is -0.137. The number of carbonyl (C=O) groups excluding carboxylic acids is 2. The Balaban J connectivity index is 1.32. The highest BCUT2D eigenvalue weighted by Gasteiger charge is 2.29. The van der Waals surface area contributed by atoms with Crippen LogP contribution in [0, 0.1) is 12.8 Å². The summed E-state index contributed by atoms with van der Waals surface area (Å²) < 4.78 is 1.93. The van der Waals surface area contributed by atoms with E-state index in [9.17, 15) is 9.59 Å². The highest BCUT2D eigenvalue weighted by atomic mass is 16.2. The first-order valence-electron chi connectivity index (χ1n) is 10.2. The molecule has 6 heteroatoms. The molecule has 0 bridgehead atoms. The van der Waals surface area contributed by atoms with Crippen LogP contribution in [0.25, 0.3) is 5.65 Å². The fourth-order valence-corrected chi connectivity index (χ4v) is 4.37. The van der Waals surface area contributed by atoms with E-state index in [0.29, 0.717) is 11.6 Å². The number of likely N-dealkylation sites (tertiary alicyclic amines) is 1. The maximum absolute atomic E-state index is 12.7. The highest BCUT2D eigenvalue weighted by Crippen LogP contribution is 2.26. The molecule has 0 radical (unpaired) electrons. The summed E-state index contributed by atoms with van der Waals surface area (Å²) in [7, 11) is 0. The van der Waals surface area contributed by atoms with Crippen LogP contribution < -0.4 is 5.32 Å². The van der Waals surface area contributed by atoms with E-state index in [1.807, 2.05) is 34.4 Å². The molecule has 0 spiro atoms. The molecular weight excluding hydrogens is 340 g/mol. The Morgan fingerprint density at radius 2 is 1.81 bits per heavy atom. The van der Waals surface area contributed by atoms with E-state index in [4.69, 9.17) is 0 Å². The smallest absolute Gasteiger partial charge is 0.271 e. The standard InChI is InChI=1S/C21H28N4O2/c1-15-6-5-9-19-23-18(14-25(15)19)20(26)22-17-10-12-24(13-11-17)21(27)16-7-3-2-4-8-16/h5-6,9,14,16-17H,2-4,7-8,10-13H2,1H3,(H,22,26). The first-order chi connectivity index (χ1) is 13.1. The van der Waals surface area contributed by atoms with Crippen LogP contribution in [0.4, 0.5) is 0 Å². The molecule has 4 rings (SSSR count). The number of rotatable bonds is 3. The average molecular weight is 368 g/mol. The Hall–Kier alpha value is -2.37. The fourth-order valence-electron chi connectivity index (χ4n) is 4.37. The summed E-state index contributed by atoms with van der Waals surface area (Å²) in [6, 6.07) is 5.95. The molecular formula is C21H28N4O2. The summed E-state index contributed by atoms with van der Waals surface area (Å²) >= 11 is 0. The Bertz CT molecular complexity index is 830. The summed E-state index contributed by atoms with van der Waals surface area (Å²) in [6.45, 7) is 3.48. The maximum atomic E-state index is 12.7. The fraction of sp³-hybridized carbons (Fsp3) is 0.571. The molecule has 0 aromatic carbocycles. The zero-order chi connectivity index (χ0) is 18.8. The van der Waals surface area contributed by atoms with Gasteiger partial charge in [-0.25, -0.2) is 4.98 Å². The van der Waals surface area contributed by atoms with Crippen LogP contribution in [-0.4, -0.2) is 45.2 Å². The van der Waals surface area contributed by atoms with E-state index >= 15 is 0 Å². The van der Waals surface area contributed by atoms with Gasteiger partial charge >= 0.3 is 0 Å². The summed E-state index contributed by atoms with van der Waals surface area (Å²) in [5.41, 5.74) is 2.28. The largest absolute Gasteiger partial charge is 0.348 e. The molecule has 2 fully saturated rings. The molecule has 0 unspecified atom stereocenters. The molecule has 1 N–H and O–H groups in total. The molecule has 27 heavy (non-hydrogen) atoms. The number of hydrogen-bond donors (Lipinski definition) is 1. The zero-order valence-corrected chi connectivity index (χ0v) is 16.0. The third-order valence-electron chi connectivity index (χ3n) is 6.02. The van der Waals surface area contributed by atoms with Gasteiger partial charge in [-0.2, -0.15) is 0 Å². The average Bonchev–Trinajstić information content (AvgIpc) is 3.15. The van der Waals surface area contributed by atoms with Crippen molar-refractivity contribution in [2.75, 3.05) is 13.1 Å². The second-order valence-corrected chi connectivity index (χ2v) is 7.93. The predicted molar refractivity (Wildman–Crippen MR) is 104 cm³/mol. The van der Waals surface area contributed by atoms with Crippen LogP contribution in [0.3, 0.4) is 0 Å². The molecule has 3 heterocycles. The number of imidazole rings is 1. The van der Waals surface area contributed by atoms with E-state index < -0.39 is 0 Å². The molecule has 144 valence electrons. The normalized spacial score (nSPS) is 19.4. The van der Waals surface area contributed by atoms with Gasteiger partial charge in [-0.05, 0) is 44.7 Å². The molecule has 1 saturated heterocycles. The first kappa shape index (κ1) is 18.0. The number of fused-ring (bicyclic) bond motifs is 1. The first-order valence-corrected chi connectivity index (χ1v) is 10.2. The van der Waals surface area contributed by atoms with Crippen LogP contribution in [0.5, 0.6) is 0 Å². The van der Waals surface area contributed by atoms with E-state index in [2.05, 4.69) is 10.3 Å². The van der Waals surface area contributed by atoms with Crippen molar-refractivity contribution in [1.29, 1.82) is 0 Å². The molecule has 1 aliphatic carbocycles. The van der Waals surface area contributed by atoms with Crippen molar-refractivity contribution in [1.82, 2.24) is 19.6 Å². The Labute approximate surface area is 159 Å². The van der Waals surface area contributed by atoms with Gasteiger partial charge in [0.05, 0.1) is 0 Å². The molecule has 2 aromatic rings. The van der Waals surface area contributed by atoms with Crippen LogP contribution in [0.2, 0.25) is 0 Å². The molecule has 6 nitrogen and oxygen atoms in total. The van der Waals surface area contributed by atoms with Crippen LogP contribution in [0.1, 0.15) is 61.1 Å². The quantitative estimate of drug-likeness (QED) is 0.906. The van der Waals surface area contributed by atoms with Crippen LogP contribution >= 0.6 is 0 Å². The number of pyridine rings is 1. The molecule has 1 saturated carbocycles. The monoisotopic (exact) mass is 368 g/mol. The molecule has 2 aliphatic rings. The lowest BCUT2D eigenvalue weighted by Gasteiger charge is -2.35. The maximum Gasteiger partial charge on any atom is 0.271 e. The van der Waals surface area contributed by atoms with Gasteiger partial charge in [0, 0.05) is 36.9 Å². The number of carbonyl (C=O) groups is 2. The van der Waals surface area contributed by atoms with Crippen molar-refractivity contribution >= 4 is 17.5 Å². The van der Waals surface area contributed by atoms with Crippen LogP contribution in [-0.2, 0) is 4.79 Å². The van der Waals surface area contributed by atoms with Gasteiger partial charge < -0.3 is 14.6 Å². The second-order valence-electron chi connectivity index (χ2n) is 7.93. The third-order valence-corrected chi connectivity index (χ3v) is 6.02. The van der Waals surface area contributed by atoms with E-state index in [1.54, 1.807) is 6.20 Å². The van der Waals surface area contributed by atoms with Crippen molar-refractivity contribution < 1.29 is 9.59 Å². The Morgan fingerprint density at radius 3 is 2.52 bits per heavy atom. The van der Waals surface area contributed by atoms with Crippen LogP contribution in [0.15, 0.2) is 24.4 Å². The molecule has 0 atom stereocenters. The lowest BCUT2D eigenvalue weighted by Crippen LogP contribution is -2.48. The molecule has 2 aromatic heterocycles. The minimum atomic E-state index is -0.129. The minimum Gasteiger partial charge on any atom is -0.348 e. The number of aromatic nitrogens is 2. The number of nitrogens with zero attached hydrogens (tertiary/aromatic N) is 3. The Morgan fingerprint density at radius 1 is 1.07 bits per heavy atom. The summed E-state index contributed by atoms with van der Waals surface area (Å²) in [6.07, 6.45) is 9.14. The second kappa shape index (κ2) is 7.71. The zero-order valence-electron chi connectivity index (χ0n) is 16.0. The van der Waals surface area contributed by atoms with Gasteiger partial charge in [0.2, 0.25) is 5.91 Å². The van der Waals surface area contributed by atoms with Gasteiger partial charge in [-0.15, -0.1) is 0 Å². The van der Waals surface area contributed by atoms with Crippen molar-refractivity contribution in [3.63, 3.8) is 0 Å². The Kier molecular flexibility index (Phi) is 5.14. The lowest BCUT2D eigenvalue weighted by atomic mass is 9.87. The van der Waals surface area contributed by atoms with E-state index in [1.165, 1.54) is 19.3 Å². The number of amides is 2. The molecule has 1 aliphatic heterocycles. The van der Waals surface area contributed by atoms with Crippen molar-refractivity contribution in [2.24, 2.45) is 5.92 Å². The predicted octanol–water partition coefficient (Wildman–Crippen LogP) is 2.94. The van der Waals surface area contributed by atoms with Gasteiger partial charge in [-0.3, -0.25) is 9.59 Å².